The summed E-state index contributed by atoms with van der Waals surface area (Å²) < 4.78 is 11.2. The van der Waals surface area contributed by atoms with Gasteiger partial charge in [0.05, 0.1) is 10.9 Å². The molecule has 2 heterocycles. The molecule has 3 heteroatoms. The molecule has 0 aliphatic rings. The van der Waals surface area contributed by atoms with Gasteiger partial charge in [-0.2, -0.15) is 0 Å². The lowest BCUT2D eigenvalue weighted by Crippen LogP contribution is -2.05. The van der Waals surface area contributed by atoms with Crippen LogP contribution >= 0.6 is 0 Å². The number of benzene rings is 2. The van der Waals surface area contributed by atoms with E-state index in [1.807, 2.05) is 62.4 Å². The summed E-state index contributed by atoms with van der Waals surface area (Å²) in [5.74, 6) is 0.801. The van der Waals surface area contributed by atoms with E-state index in [1.54, 1.807) is 0 Å². The van der Waals surface area contributed by atoms with E-state index >= 15 is 0 Å². The Morgan fingerprint density at radius 1 is 0.864 bits per heavy atom. The maximum atomic E-state index is 12.5. The lowest BCUT2D eigenvalue weighted by atomic mass is 9.99. The summed E-state index contributed by atoms with van der Waals surface area (Å²) in [5.41, 5.74) is 3.43. The summed E-state index contributed by atoms with van der Waals surface area (Å²) in [6.07, 6.45) is 0. The molecule has 0 aliphatic heterocycles. The summed E-state index contributed by atoms with van der Waals surface area (Å²) in [7, 11) is 0. The van der Waals surface area contributed by atoms with Crippen LogP contribution in [0.25, 0.3) is 33.1 Å². The Morgan fingerprint density at radius 2 is 1.64 bits per heavy atom. The molecular formula is C19H14O3. The zero-order valence-electron chi connectivity index (χ0n) is 12.3. The Morgan fingerprint density at radius 3 is 2.41 bits per heavy atom. The van der Waals surface area contributed by atoms with Gasteiger partial charge in [-0.05, 0) is 43.2 Å². The van der Waals surface area contributed by atoms with Crippen molar-refractivity contribution in [1.82, 2.24) is 0 Å². The van der Waals surface area contributed by atoms with Crippen LogP contribution in [0.3, 0.4) is 0 Å². The summed E-state index contributed by atoms with van der Waals surface area (Å²) >= 11 is 0. The van der Waals surface area contributed by atoms with Crippen molar-refractivity contribution < 1.29 is 8.83 Å². The Hall–Kier alpha value is -2.81. The van der Waals surface area contributed by atoms with Crippen LogP contribution in [0.2, 0.25) is 0 Å². The lowest BCUT2D eigenvalue weighted by Gasteiger charge is -2.08. The van der Waals surface area contributed by atoms with Gasteiger partial charge in [-0.15, -0.1) is 0 Å². The minimum Gasteiger partial charge on any atom is -0.461 e. The van der Waals surface area contributed by atoms with E-state index in [1.165, 1.54) is 0 Å². The van der Waals surface area contributed by atoms with Crippen LogP contribution in [-0.4, -0.2) is 0 Å². The highest BCUT2D eigenvalue weighted by molar-refractivity contribution is 6.04. The third-order valence-electron chi connectivity index (χ3n) is 4.01. The molecule has 0 aliphatic carbocycles. The van der Waals surface area contributed by atoms with Crippen molar-refractivity contribution in [3.05, 3.63) is 70.3 Å². The normalized spacial score (nSPS) is 11.4. The van der Waals surface area contributed by atoms with Crippen LogP contribution in [0.4, 0.5) is 0 Å². The van der Waals surface area contributed by atoms with Crippen molar-refractivity contribution in [2.24, 2.45) is 0 Å². The van der Waals surface area contributed by atoms with Crippen molar-refractivity contribution in [3.8, 4) is 11.1 Å². The second-order valence-electron chi connectivity index (χ2n) is 5.47. The van der Waals surface area contributed by atoms with Crippen molar-refractivity contribution in [1.29, 1.82) is 0 Å². The zero-order chi connectivity index (χ0) is 15.3. The molecule has 108 valence electrons. The minimum atomic E-state index is -0.317. The molecule has 4 aromatic rings. The monoisotopic (exact) mass is 290 g/mol. The van der Waals surface area contributed by atoms with Gasteiger partial charge in [0.1, 0.15) is 16.9 Å². The van der Waals surface area contributed by atoms with Gasteiger partial charge < -0.3 is 8.83 Å². The standard InChI is InChI=1S/C19H14O3/c1-11-10-15-16(21-11)9-8-14-12(2)17(19(20)22-18(14)15)13-6-4-3-5-7-13/h3-10H,1-2H3. The lowest BCUT2D eigenvalue weighted by molar-refractivity contribution is 0.563. The third-order valence-corrected chi connectivity index (χ3v) is 4.01. The summed E-state index contributed by atoms with van der Waals surface area (Å²) in [5, 5.41) is 1.78. The molecule has 0 bridgehead atoms. The molecule has 2 aromatic heterocycles. The Labute approximate surface area is 126 Å². The zero-order valence-corrected chi connectivity index (χ0v) is 12.3. The van der Waals surface area contributed by atoms with Crippen LogP contribution in [0.1, 0.15) is 11.3 Å². The van der Waals surface area contributed by atoms with E-state index in [-0.39, 0.29) is 5.63 Å². The van der Waals surface area contributed by atoms with E-state index < -0.39 is 0 Å². The topological polar surface area (TPSA) is 43.4 Å². The van der Waals surface area contributed by atoms with Crippen molar-refractivity contribution in [3.63, 3.8) is 0 Å². The molecular weight excluding hydrogens is 276 g/mol. The highest BCUT2D eigenvalue weighted by atomic mass is 16.4. The first-order valence-electron chi connectivity index (χ1n) is 7.17. The smallest absolute Gasteiger partial charge is 0.344 e. The molecule has 2 aromatic carbocycles. The van der Waals surface area contributed by atoms with Crippen LogP contribution in [0.15, 0.2) is 62.2 Å². The maximum Gasteiger partial charge on any atom is 0.344 e. The van der Waals surface area contributed by atoms with Gasteiger partial charge in [0.15, 0.2) is 0 Å². The molecule has 0 N–H and O–H groups in total. The predicted octanol–water partition coefficient (Wildman–Crippen LogP) is 4.82. The van der Waals surface area contributed by atoms with E-state index in [2.05, 4.69) is 0 Å². The molecule has 0 fully saturated rings. The Balaban J connectivity index is 2.14. The fourth-order valence-electron chi connectivity index (χ4n) is 2.99. The fourth-order valence-corrected chi connectivity index (χ4v) is 2.99. The summed E-state index contributed by atoms with van der Waals surface area (Å²) in [4.78, 5) is 12.5. The van der Waals surface area contributed by atoms with Gasteiger partial charge >= 0.3 is 5.63 Å². The first-order valence-corrected chi connectivity index (χ1v) is 7.17. The first kappa shape index (κ1) is 12.9. The SMILES string of the molecule is Cc1cc2c(ccc3c(C)c(-c4ccccc4)c(=O)oc32)o1. The highest BCUT2D eigenvalue weighted by Gasteiger charge is 2.16. The average Bonchev–Trinajstić information content (AvgIpc) is 2.89. The molecule has 0 saturated carbocycles. The van der Waals surface area contributed by atoms with Gasteiger partial charge in [-0.1, -0.05) is 30.3 Å². The molecule has 22 heavy (non-hydrogen) atoms. The van der Waals surface area contributed by atoms with Crippen molar-refractivity contribution >= 4 is 21.9 Å². The van der Waals surface area contributed by atoms with Gasteiger partial charge in [0, 0.05) is 5.39 Å². The summed E-state index contributed by atoms with van der Waals surface area (Å²) in [6, 6.07) is 15.4. The molecule has 3 nitrogen and oxygen atoms in total. The molecule has 0 spiro atoms. The number of furan rings is 1. The van der Waals surface area contributed by atoms with E-state index in [0.717, 1.165) is 33.2 Å². The Kier molecular flexibility index (Phi) is 2.70. The van der Waals surface area contributed by atoms with E-state index in [0.29, 0.717) is 11.1 Å². The van der Waals surface area contributed by atoms with Crippen LogP contribution in [0, 0.1) is 13.8 Å². The summed E-state index contributed by atoms with van der Waals surface area (Å²) in [6.45, 7) is 3.84. The van der Waals surface area contributed by atoms with E-state index in [9.17, 15) is 4.79 Å². The fraction of sp³-hybridized carbons (Fsp3) is 0.105. The Bertz CT molecular complexity index is 1050. The number of rotatable bonds is 1. The average molecular weight is 290 g/mol. The van der Waals surface area contributed by atoms with Crippen molar-refractivity contribution in [2.45, 2.75) is 13.8 Å². The maximum absolute atomic E-state index is 12.5. The predicted molar refractivity (Wildman–Crippen MR) is 87.2 cm³/mol. The van der Waals surface area contributed by atoms with E-state index in [4.69, 9.17) is 8.83 Å². The van der Waals surface area contributed by atoms with Gasteiger partial charge in [-0.3, -0.25) is 0 Å². The minimum absolute atomic E-state index is 0.317. The highest BCUT2D eigenvalue weighted by Crippen LogP contribution is 2.32. The molecule has 0 unspecified atom stereocenters. The first-order chi connectivity index (χ1) is 10.6. The molecule has 0 radical (unpaired) electrons. The van der Waals surface area contributed by atoms with Crippen LogP contribution in [0.5, 0.6) is 0 Å². The second kappa shape index (κ2) is 4.60. The number of hydrogen-bond acceptors (Lipinski definition) is 3. The quantitative estimate of drug-likeness (QED) is 0.472. The third kappa shape index (κ3) is 1.79. The van der Waals surface area contributed by atoms with Crippen LogP contribution < -0.4 is 5.63 Å². The molecule has 0 atom stereocenters. The number of aryl methyl sites for hydroxylation is 2. The second-order valence-corrected chi connectivity index (χ2v) is 5.47. The van der Waals surface area contributed by atoms with Crippen molar-refractivity contribution in [2.75, 3.05) is 0 Å². The van der Waals surface area contributed by atoms with Crippen LogP contribution in [-0.2, 0) is 0 Å². The van der Waals surface area contributed by atoms with Gasteiger partial charge in [-0.25, -0.2) is 4.79 Å². The number of hydrogen-bond donors (Lipinski definition) is 0. The molecule has 0 saturated heterocycles. The molecule has 4 rings (SSSR count). The number of fused-ring (bicyclic) bond motifs is 3. The van der Waals surface area contributed by atoms with Gasteiger partial charge in [0.2, 0.25) is 0 Å². The largest absolute Gasteiger partial charge is 0.461 e. The molecule has 0 amide bonds. The van der Waals surface area contributed by atoms with Gasteiger partial charge in [0.25, 0.3) is 0 Å².